The Morgan fingerprint density at radius 3 is 2.69 bits per heavy atom. The minimum absolute atomic E-state index is 0.0907. The SMILES string of the molecule is C[C@@]1(CI)S[C@H]2C(NC(=O)COc3ccccc3)C(=O)N2[C@H]1CC(=O)O. The first kappa shape index (κ1) is 19.3. The number of aliphatic carboxylic acids is 1. The summed E-state index contributed by atoms with van der Waals surface area (Å²) in [5.41, 5.74) is 0. The molecule has 0 bridgehead atoms. The number of carboxylic acid groups (broad SMARTS) is 1. The van der Waals surface area contributed by atoms with E-state index >= 15 is 0 Å². The van der Waals surface area contributed by atoms with Crippen LogP contribution in [0, 0.1) is 0 Å². The summed E-state index contributed by atoms with van der Waals surface area (Å²) in [6.45, 7) is 1.80. The second kappa shape index (κ2) is 7.63. The fourth-order valence-corrected chi connectivity index (χ4v) is 5.91. The molecule has 140 valence electrons. The Kier molecular flexibility index (Phi) is 5.66. The van der Waals surface area contributed by atoms with Crippen molar-refractivity contribution in [1.82, 2.24) is 10.2 Å². The smallest absolute Gasteiger partial charge is 0.305 e. The second-order valence-corrected chi connectivity index (χ2v) is 8.87. The quantitative estimate of drug-likeness (QED) is 0.342. The van der Waals surface area contributed by atoms with Crippen LogP contribution in [0.1, 0.15) is 13.3 Å². The van der Waals surface area contributed by atoms with E-state index in [0.717, 1.165) is 0 Å². The third-order valence-corrected chi connectivity index (χ3v) is 8.37. The number of thioether (sulfide) groups is 1. The lowest BCUT2D eigenvalue weighted by Gasteiger charge is -2.44. The molecule has 2 aliphatic heterocycles. The molecule has 0 radical (unpaired) electrons. The van der Waals surface area contributed by atoms with Crippen LogP contribution in [0.3, 0.4) is 0 Å². The van der Waals surface area contributed by atoms with Crippen LogP contribution in [0.2, 0.25) is 0 Å². The van der Waals surface area contributed by atoms with Crippen LogP contribution in [0.5, 0.6) is 5.75 Å². The molecule has 2 fully saturated rings. The van der Waals surface area contributed by atoms with Gasteiger partial charge in [0, 0.05) is 9.17 Å². The Bertz CT molecular complexity index is 718. The molecular weight excluding hydrogens is 471 g/mol. The second-order valence-electron chi connectivity index (χ2n) is 6.46. The van der Waals surface area contributed by atoms with Crippen LogP contribution in [-0.4, -0.2) is 61.0 Å². The molecule has 1 aromatic rings. The van der Waals surface area contributed by atoms with Gasteiger partial charge in [0.15, 0.2) is 6.61 Å². The first-order valence-electron chi connectivity index (χ1n) is 8.10. The summed E-state index contributed by atoms with van der Waals surface area (Å²) in [6, 6.07) is 7.97. The Balaban J connectivity index is 1.60. The van der Waals surface area contributed by atoms with E-state index in [0.29, 0.717) is 10.2 Å². The van der Waals surface area contributed by atoms with E-state index in [-0.39, 0.29) is 41.0 Å². The highest BCUT2D eigenvalue weighted by Crippen LogP contribution is 2.52. The highest BCUT2D eigenvalue weighted by atomic mass is 127. The lowest BCUT2D eigenvalue weighted by atomic mass is 9.93. The molecule has 2 saturated heterocycles. The molecule has 0 spiro atoms. The average molecular weight is 490 g/mol. The Hall–Kier alpha value is -1.49. The minimum atomic E-state index is -0.927. The van der Waals surface area contributed by atoms with E-state index in [4.69, 9.17) is 9.84 Å². The molecule has 2 heterocycles. The first-order chi connectivity index (χ1) is 12.4. The van der Waals surface area contributed by atoms with E-state index in [2.05, 4.69) is 27.9 Å². The summed E-state index contributed by atoms with van der Waals surface area (Å²) in [6.07, 6.45) is -0.0907. The molecule has 9 heteroatoms. The van der Waals surface area contributed by atoms with Gasteiger partial charge in [-0.2, -0.15) is 0 Å². The number of hydrogen-bond donors (Lipinski definition) is 2. The monoisotopic (exact) mass is 490 g/mol. The lowest BCUT2D eigenvalue weighted by molar-refractivity contribution is -0.153. The molecule has 3 rings (SSSR count). The van der Waals surface area contributed by atoms with Gasteiger partial charge >= 0.3 is 5.97 Å². The van der Waals surface area contributed by atoms with Crippen LogP contribution in [0.25, 0.3) is 0 Å². The predicted octanol–water partition coefficient (Wildman–Crippen LogP) is 1.50. The maximum atomic E-state index is 12.5. The Morgan fingerprint density at radius 1 is 1.38 bits per heavy atom. The van der Waals surface area contributed by atoms with E-state index < -0.39 is 12.0 Å². The van der Waals surface area contributed by atoms with Gasteiger partial charge in [0.05, 0.1) is 12.5 Å². The number of hydrogen-bond acceptors (Lipinski definition) is 5. The number of benzene rings is 1. The van der Waals surface area contributed by atoms with Gasteiger partial charge in [-0.05, 0) is 19.1 Å². The largest absolute Gasteiger partial charge is 0.484 e. The molecule has 2 amide bonds. The molecule has 26 heavy (non-hydrogen) atoms. The van der Waals surface area contributed by atoms with Gasteiger partial charge in [0.1, 0.15) is 17.2 Å². The number of halogens is 1. The van der Waals surface area contributed by atoms with Crippen molar-refractivity contribution in [3.05, 3.63) is 30.3 Å². The van der Waals surface area contributed by atoms with Gasteiger partial charge in [-0.1, -0.05) is 40.8 Å². The van der Waals surface area contributed by atoms with Gasteiger partial charge in [0.25, 0.3) is 5.91 Å². The zero-order valence-electron chi connectivity index (χ0n) is 14.1. The topological polar surface area (TPSA) is 95.9 Å². The number of amides is 2. The highest BCUT2D eigenvalue weighted by molar-refractivity contribution is 14.1. The number of para-hydroxylation sites is 1. The van der Waals surface area contributed by atoms with Crippen molar-refractivity contribution in [3.63, 3.8) is 0 Å². The average Bonchev–Trinajstić information content (AvgIpc) is 2.88. The van der Waals surface area contributed by atoms with Crippen LogP contribution < -0.4 is 10.1 Å². The zero-order valence-corrected chi connectivity index (χ0v) is 17.0. The Labute approximate surface area is 169 Å². The van der Waals surface area contributed by atoms with Gasteiger partial charge in [0.2, 0.25) is 5.91 Å². The molecule has 0 saturated carbocycles. The fourth-order valence-electron chi connectivity index (χ4n) is 3.20. The van der Waals surface area contributed by atoms with Crippen molar-refractivity contribution in [1.29, 1.82) is 0 Å². The molecule has 1 aromatic carbocycles. The van der Waals surface area contributed by atoms with Gasteiger partial charge in [-0.25, -0.2) is 0 Å². The molecule has 2 N–H and O–H groups in total. The van der Waals surface area contributed by atoms with E-state index in [9.17, 15) is 14.4 Å². The van der Waals surface area contributed by atoms with Crippen molar-refractivity contribution >= 4 is 52.1 Å². The zero-order chi connectivity index (χ0) is 18.9. The molecule has 2 aliphatic rings. The number of carboxylic acids is 1. The summed E-state index contributed by atoms with van der Waals surface area (Å²) in [5, 5.41) is 11.7. The normalized spacial score (nSPS) is 29.7. The van der Waals surface area contributed by atoms with Crippen molar-refractivity contribution < 1.29 is 24.2 Å². The minimum Gasteiger partial charge on any atom is -0.484 e. The van der Waals surface area contributed by atoms with Crippen LogP contribution >= 0.6 is 34.4 Å². The van der Waals surface area contributed by atoms with Crippen LogP contribution in [0.15, 0.2) is 30.3 Å². The van der Waals surface area contributed by atoms with Crippen molar-refractivity contribution in [2.24, 2.45) is 0 Å². The number of carbonyl (C=O) groups excluding carboxylic acids is 2. The number of β-lactam (4-membered cyclic amide) rings is 1. The standard InChI is InChI=1S/C17H19IN2O5S/c1-17(9-18)11(7-13(22)23)20-15(24)14(16(20)26-17)19-12(21)8-25-10-5-3-2-4-6-10/h2-6,11,14,16H,7-9H2,1H3,(H,19,21)(H,22,23)/t11-,14?,16-,17-/m0/s1. The van der Waals surface area contributed by atoms with Gasteiger partial charge in [-0.3, -0.25) is 14.4 Å². The summed E-state index contributed by atoms with van der Waals surface area (Å²) in [5.74, 6) is -0.942. The van der Waals surface area contributed by atoms with E-state index in [1.807, 2.05) is 25.1 Å². The number of nitrogens with zero attached hydrogens (tertiary/aromatic N) is 1. The number of fused-ring (bicyclic) bond motifs is 1. The van der Waals surface area contributed by atoms with Crippen LogP contribution in [0.4, 0.5) is 0 Å². The molecule has 1 unspecified atom stereocenters. The lowest BCUT2D eigenvalue weighted by Crippen LogP contribution is -2.70. The predicted molar refractivity (Wildman–Crippen MR) is 105 cm³/mol. The molecule has 0 aliphatic carbocycles. The Morgan fingerprint density at radius 2 is 2.08 bits per heavy atom. The van der Waals surface area contributed by atoms with E-state index in [1.54, 1.807) is 28.8 Å². The molecular formula is C17H19IN2O5S. The number of carbonyl (C=O) groups is 3. The summed E-state index contributed by atoms with van der Waals surface area (Å²) in [4.78, 5) is 37.4. The molecule has 0 aromatic heterocycles. The van der Waals surface area contributed by atoms with Crippen molar-refractivity contribution in [2.75, 3.05) is 11.0 Å². The third kappa shape index (κ3) is 3.64. The van der Waals surface area contributed by atoms with Crippen molar-refractivity contribution in [3.8, 4) is 5.75 Å². The maximum absolute atomic E-state index is 12.5. The highest BCUT2D eigenvalue weighted by Gasteiger charge is 2.63. The molecule has 4 atom stereocenters. The number of nitrogens with one attached hydrogen (secondary N) is 1. The van der Waals surface area contributed by atoms with Crippen molar-refractivity contribution in [2.45, 2.75) is 35.5 Å². The number of ether oxygens (including phenoxy) is 1. The summed E-state index contributed by atoms with van der Waals surface area (Å²) < 4.78 is 5.76. The summed E-state index contributed by atoms with van der Waals surface area (Å²) in [7, 11) is 0. The van der Waals surface area contributed by atoms with Gasteiger partial charge in [-0.15, -0.1) is 11.8 Å². The summed E-state index contributed by atoms with van der Waals surface area (Å²) >= 11 is 3.78. The molecule has 7 nitrogen and oxygen atoms in total. The number of alkyl halides is 1. The fraction of sp³-hybridized carbons (Fsp3) is 0.471. The third-order valence-electron chi connectivity index (χ3n) is 4.57. The number of rotatable bonds is 7. The van der Waals surface area contributed by atoms with Gasteiger partial charge < -0.3 is 20.1 Å². The van der Waals surface area contributed by atoms with Crippen LogP contribution in [-0.2, 0) is 14.4 Å². The first-order valence-corrected chi connectivity index (χ1v) is 10.5. The van der Waals surface area contributed by atoms with E-state index in [1.165, 1.54) is 0 Å². The maximum Gasteiger partial charge on any atom is 0.305 e.